The normalized spacial score (nSPS) is 16.9. The van der Waals surface area contributed by atoms with Gasteiger partial charge in [0.25, 0.3) is 0 Å². The van der Waals surface area contributed by atoms with Crippen molar-refractivity contribution in [3.63, 3.8) is 0 Å². The zero-order valence-corrected chi connectivity index (χ0v) is 17.5. The Balaban J connectivity index is 1.62. The Morgan fingerprint density at radius 3 is 2.24 bits per heavy atom. The van der Waals surface area contributed by atoms with Crippen LogP contribution in [-0.4, -0.2) is 51.7 Å². The summed E-state index contributed by atoms with van der Waals surface area (Å²) in [5.74, 6) is -0.271. The molecule has 0 spiro atoms. The fourth-order valence-electron chi connectivity index (χ4n) is 3.40. The van der Waals surface area contributed by atoms with Gasteiger partial charge in [0.15, 0.2) is 5.69 Å². The highest BCUT2D eigenvalue weighted by Crippen LogP contribution is 2.36. The van der Waals surface area contributed by atoms with Gasteiger partial charge in [-0.3, -0.25) is 14.4 Å². The second-order valence-electron chi connectivity index (χ2n) is 7.09. The summed E-state index contributed by atoms with van der Waals surface area (Å²) in [5, 5.41) is 3.78. The largest absolute Gasteiger partial charge is 0.436 e. The predicted octanol–water partition coefficient (Wildman–Crippen LogP) is 4.42. The molecular weight excluding hydrogens is 428 g/mol. The van der Waals surface area contributed by atoms with E-state index in [-0.39, 0.29) is 11.6 Å². The van der Waals surface area contributed by atoms with Gasteiger partial charge in [-0.05, 0) is 31.5 Å². The van der Waals surface area contributed by atoms with E-state index in [2.05, 4.69) is 10.00 Å². The van der Waals surface area contributed by atoms with Gasteiger partial charge in [-0.2, -0.15) is 18.3 Å². The van der Waals surface area contributed by atoms with E-state index < -0.39 is 22.9 Å². The van der Waals surface area contributed by atoms with Crippen molar-refractivity contribution in [1.82, 2.24) is 19.6 Å². The molecule has 29 heavy (non-hydrogen) atoms. The molecule has 1 aliphatic heterocycles. The third kappa shape index (κ3) is 4.87. The van der Waals surface area contributed by atoms with Crippen LogP contribution in [0.3, 0.4) is 0 Å². The molecule has 3 rings (SSSR count). The first-order valence-corrected chi connectivity index (χ1v) is 9.91. The summed E-state index contributed by atoms with van der Waals surface area (Å²) >= 11 is 11.7. The van der Waals surface area contributed by atoms with Crippen LogP contribution in [0.5, 0.6) is 0 Å². The Labute approximate surface area is 177 Å². The van der Waals surface area contributed by atoms with Crippen molar-refractivity contribution in [3.05, 3.63) is 51.3 Å². The molecule has 1 atom stereocenters. The number of nitrogens with zero attached hydrogens (tertiary/aromatic N) is 4. The Hall–Kier alpha value is -1.77. The molecular formula is C19H21Cl2F3N4O. The van der Waals surface area contributed by atoms with Crippen LogP contribution in [0, 0.1) is 6.92 Å². The highest BCUT2D eigenvalue weighted by Gasteiger charge is 2.39. The molecule has 1 saturated heterocycles. The topological polar surface area (TPSA) is 41.4 Å². The van der Waals surface area contributed by atoms with Gasteiger partial charge < -0.3 is 4.90 Å². The third-order valence-corrected chi connectivity index (χ3v) is 5.78. The average molecular weight is 449 g/mol. The molecule has 1 aromatic heterocycles. The van der Waals surface area contributed by atoms with Gasteiger partial charge in [0.1, 0.15) is 6.04 Å². The number of hydrogen-bond acceptors (Lipinski definition) is 3. The Morgan fingerprint density at radius 1 is 1.14 bits per heavy atom. The predicted molar refractivity (Wildman–Crippen MR) is 105 cm³/mol. The van der Waals surface area contributed by atoms with Crippen LogP contribution in [0.4, 0.5) is 13.2 Å². The van der Waals surface area contributed by atoms with E-state index in [0.29, 0.717) is 31.2 Å². The quantitative estimate of drug-likeness (QED) is 0.694. The number of alkyl halides is 3. The van der Waals surface area contributed by atoms with E-state index in [1.165, 1.54) is 6.92 Å². The lowest BCUT2D eigenvalue weighted by Gasteiger charge is -2.36. The van der Waals surface area contributed by atoms with Crippen molar-refractivity contribution in [1.29, 1.82) is 0 Å². The SMILES string of the molecule is Cc1c(Cl)c(C(F)(F)F)nn1C(C)C(=O)N1CCN(Cc2ccc(Cl)cc2)CC1. The molecule has 0 saturated carbocycles. The zero-order chi connectivity index (χ0) is 21.3. The first-order valence-electron chi connectivity index (χ1n) is 9.15. The summed E-state index contributed by atoms with van der Waals surface area (Å²) < 4.78 is 40.2. The van der Waals surface area contributed by atoms with Crippen molar-refractivity contribution in [2.75, 3.05) is 26.2 Å². The molecule has 5 nitrogen and oxygen atoms in total. The van der Waals surface area contributed by atoms with E-state index in [1.807, 2.05) is 24.3 Å². The van der Waals surface area contributed by atoms with E-state index >= 15 is 0 Å². The number of carbonyl (C=O) groups excluding carboxylic acids is 1. The van der Waals surface area contributed by atoms with Crippen molar-refractivity contribution in [2.24, 2.45) is 0 Å². The highest BCUT2D eigenvalue weighted by molar-refractivity contribution is 6.32. The molecule has 1 aliphatic rings. The molecule has 2 aromatic rings. The van der Waals surface area contributed by atoms with Crippen LogP contribution in [0.1, 0.15) is 29.9 Å². The summed E-state index contributed by atoms with van der Waals surface area (Å²) in [6.45, 7) is 6.06. The minimum atomic E-state index is -4.66. The lowest BCUT2D eigenvalue weighted by molar-refractivity contribution is -0.142. The third-order valence-electron chi connectivity index (χ3n) is 5.07. The van der Waals surface area contributed by atoms with E-state index in [9.17, 15) is 18.0 Å². The molecule has 1 fully saturated rings. The van der Waals surface area contributed by atoms with E-state index in [0.717, 1.165) is 16.8 Å². The molecule has 1 amide bonds. The van der Waals surface area contributed by atoms with Crippen LogP contribution in [0.25, 0.3) is 0 Å². The molecule has 10 heteroatoms. The summed E-state index contributed by atoms with van der Waals surface area (Å²) in [6.07, 6.45) is -4.66. The summed E-state index contributed by atoms with van der Waals surface area (Å²) in [6, 6.07) is 6.73. The van der Waals surface area contributed by atoms with Crippen molar-refractivity contribution in [3.8, 4) is 0 Å². The first kappa shape index (κ1) is 21.9. The number of hydrogen-bond donors (Lipinski definition) is 0. The monoisotopic (exact) mass is 448 g/mol. The standard InChI is InChI=1S/C19H21Cl2F3N4O/c1-12-16(21)17(19(22,23)24)25-28(12)13(2)18(29)27-9-7-26(8-10-27)11-14-3-5-15(20)6-4-14/h3-6,13H,7-11H2,1-2H3. The maximum Gasteiger partial charge on any atom is 0.436 e. The molecule has 158 valence electrons. The van der Waals surface area contributed by atoms with Crippen molar-refractivity contribution < 1.29 is 18.0 Å². The minimum absolute atomic E-state index is 0.126. The summed E-state index contributed by atoms with van der Waals surface area (Å²) in [4.78, 5) is 16.7. The Kier molecular flexibility index (Phi) is 6.45. The Bertz CT molecular complexity index is 875. The number of amides is 1. The van der Waals surface area contributed by atoms with Gasteiger partial charge in [0.2, 0.25) is 5.91 Å². The van der Waals surface area contributed by atoms with Gasteiger partial charge in [-0.25, -0.2) is 0 Å². The fraction of sp³-hybridized carbons (Fsp3) is 0.474. The van der Waals surface area contributed by atoms with Crippen LogP contribution in [-0.2, 0) is 17.5 Å². The maximum atomic E-state index is 13.0. The molecule has 0 N–H and O–H groups in total. The first-order chi connectivity index (χ1) is 13.6. The smallest absolute Gasteiger partial charge is 0.338 e. The lowest BCUT2D eigenvalue weighted by Crippen LogP contribution is -2.50. The summed E-state index contributed by atoms with van der Waals surface area (Å²) in [5.41, 5.74) is 0.0920. The number of benzene rings is 1. The highest BCUT2D eigenvalue weighted by atomic mass is 35.5. The number of rotatable bonds is 4. The van der Waals surface area contributed by atoms with Gasteiger partial charge in [0.05, 0.1) is 10.7 Å². The molecule has 0 bridgehead atoms. The molecule has 0 aliphatic carbocycles. The van der Waals surface area contributed by atoms with Gasteiger partial charge in [-0.15, -0.1) is 0 Å². The Morgan fingerprint density at radius 2 is 1.72 bits per heavy atom. The molecule has 2 heterocycles. The van der Waals surface area contributed by atoms with Crippen LogP contribution < -0.4 is 0 Å². The summed E-state index contributed by atoms with van der Waals surface area (Å²) in [7, 11) is 0. The van der Waals surface area contributed by atoms with E-state index in [4.69, 9.17) is 23.2 Å². The van der Waals surface area contributed by atoms with Crippen LogP contribution in [0.15, 0.2) is 24.3 Å². The number of aromatic nitrogens is 2. The van der Waals surface area contributed by atoms with Crippen molar-refractivity contribution >= 4 is 29.1 Å². The van der Waals surface area contributed by atoms with Gasteiger partial charge >= 0.3 is 6.18 Å². The van der Waals surface area contributed by atoms with Crippen molar-refractivity contribution in [2.45, 2.75) is 32.6 Å². The van der Waals surface area contributed by atoms with Gasteiger partial charge in [-0.1, -0.05) is 35.3 Å². The van der Waals surface area contributed by atoms with E-state index in [1.54, 1.807) is 11.8 Å². The van der Waals surface area contributed by atoms with Gasteiger partial charge in [0, 0.05) is 37.7 Å². The van der Waals surface area contributed by atoms with Crippen LogP contribution in [0.2, 0.25) is 10.0 Å². The van der Waals surface area contributed by atoms with Crippen LogP contribution >= 0.6 is 23.2 Å². The fourth-order valence-corrected chi connectivity index (χ4v) is 3.76. The molecule has 1 unspecified atom stereocenters. The number of piperazine rings is 1. The maximum absolute atomic E-state index is 13.0. The average Bonchev–Trinajstić information content (AvgIpc) is 2.98. The minimum Gasteiger partial charge on any atom is -0.338 e. The second kappa shape index (κ2) is 8.53. The second-order valence-corrected chi connectivity index (χ2v) is 7.91. The molecule has 0 radical (unpaired) electrons. The zero-order valence-electron chi connectivity index (χ0n) is 16.0. The molecule has 1 aromatic carbocycles. The number of carbonyl (C=O) groups is 1. The lowest BCUT2D eigenvalue weighted by atomic mass is 10.2. The number of halogens is 5.